The first kappa shape index (κ1) is 8.13. The van der Waals surface area contributed by atoms with E-state index in [0.717, 1.165) is 22.9 Å². The fourth-order valence-electron chi connectivity index (χ4n) is 0.950. The highest BCUT2D eigenvalue weighted by Gasteiger charge is 2.06. The minimum atomic E-state index is 0.981. The van der Waals surface area contributed by atoms with Crippen LogP contribution in [0.15, 0.2) is 32.9 Å². The van der Waals surface area contributed by atoms with Crippen LogP contribution in [0, 0.1) is 0 Å². The fraction of sp³-hybridized carbons (Fsp3) is 0.250. The monoisotopic (exact) mass is 196 g/mol. The minimum Gasteiger partial charge on any atom is -0.258 e. The normalized spacial score (nSPS) is 22.0. The van der Waals surface area contributed by atoms with Crippen LogP contribution in [0.4, 0.5) is 0 Å². The molecule has 2 nitrogen and oxygen atoms in total. The van der Waals surface area contributed by atoms with E-state index in [2.05, 4.69) is 21.5 Å². The van der Waals surface area contributed by atoms with Crippen molar-refractivity contribution in [3.8, 4) is 0 Å². The molecule has 0 aromatic rings. The van der Waals surface area contributed by atoms with E-state index in [4.69, 9.17) is 0 Å². The highest BCUT2D eigenvalue weighted by atomic mass is 32.2. The smallest absolute Gasteiger partial charge is 0.0942 e. The van der Waals surface area contributed by atoms with Gasteiger partial charge in [0.05, 0.1) is 16.9 Å². The molecule has 2 rings (SSSR count). The van der Waals surface area contributed by atoms with Gasteiger partial charge in [0.1, 0.15) is 0 Å². The van der Waals surface area contributed by atoms with Gasteiger partial charge in [-0.2, -0.15) is 0 Å². The van der Waals surface area contributed by atoms with Crippen LogP contribution < -0.4 is 0 Å². The van der Waals surface area contributed by atoms with Crippen molar-refractivity contribution in [2.45, 2.75) is 0 Å². The Bertz CT molecular complexity index is 259. The molecule has 4 heteroatoms. The van der Waals surface area contributed by atoms with Crippen LogP contribution in [0.5, 0.6) is 0 Å². The topological polar surface area (TPSA) is 24.7 Å². The van der Waals surface area contributed by atoms with E-state index in [-0.39, 0.29) is 0 Å². The van der Waals surface area contributed by atoms with Gasteiger partial charge in [-0.3, -0.25) is 4.99 Å². The summed E-state index contributed by atoms with van der Waals surface area (Å²) in [6, 6.07) is 0. The molecule has 0 saturated heterocycles. The van der Waals surface area contributed by atoms with Gasteiger partial charge in [0.25, 0.3) is 0 Å². The summed E-state index contributed by atoms with van der Waals surface area (Å²) < 4.78 is 0. The first-order valence-electron chi connectivity index (χ1n) is 3.66. The summed E-state index contributed by atoms with van der Waals surface area (Å²) in [5, 5.41) is 2.07. The predicted octanol–water partition coefficient (Wildman–Crippen LogP) is 2.30. The zero-order valence-corrected chi connectivity index (χ0v) is 8.07. The second-order valence-corrected chi connectivity index (χ2v) is 4.09. The van der Waals surface area contributed by atoms with E-state index in [0.29, 0.717) is 0 Å². The molecular weight excluding hydrogens is 188 g/mol. The van der Waals surface area contributed by atoms with Crippen molar-refractivity contribution in [3.05, 3.63) is 22.9 Å². The Morgan fingerprint density at radius 1 is 1.08 bits per heavy atom. The Morgan fingerprint density at radius 2 is 2.08 bits per heavy atom. The van der Waals surface area contributed by atoms with Crippen molar-refractivity contribution in [1.29, 1.82) is 0 Å². The zero-order chi connectivity index (χ0) is 8.23. The Kier molecular flexibility index (Phi) is 2.68. The lowest BCUT2D eigenvalue weighted by molar-refractivity contribution is 1.24. The molecule has 62 valence electrons. The van der Waals surface area contributed by atoms with Crippen LogP contribution in [0.3, 0.4) is 0 Å². The van der Waals surface area contributed by atoms with Crippen molar-refractivity contribution in [1.82, 2.24) is 0 Å². The van der Waals surface area contributed by atoms with Crippen LogP contribution in [-0.4, -0.2) is 23.3 Å². The van der Waals surface area contributed by atoms with Gasteiger partial charge in [-0.1, -0.05) is 0 Å². The maximum Gasteiger partial charge on any atom is 0.0942 e. The van der Waals surface area contributed by atoms with E-state index < -0.39 is 0 Å². The number of aliphatic imine (C=N–C) groups is 2. The predicted molar refractivity (Wildman–Crippen MR) is 58.1 cm³/mol. The lowest BCUT2D eigenvalue weighted by atomic mass is 10.3. The van der Waals surface area contributed by atoms with Crippen molar-refractivity contribution < 1.29 is 0 Å². The maximum atomic E-state index is 4.28. The molecular formula is C8H8N2S2. The molecule has 0 unspecified atom stereocenters. The third-order valence-electron chi connectivity index (χ3n) is 1.50. The maximum absolute atomic E-state index is 4.28. The summed E-state index contributed by atoms with van der Waals surface area (Å²) in [5.41, 5.74) is 3.89. The number of thioether (sulfide) groups is 2. The van der Waals surface area contributed by atoms with Gasteiger partial charge in [-0.25, -0.2) is 4.99 Å². The summed E-state index contributed by atoms with van der Waals surface area (Å²) in [6.45, 7) is 0. The molecule has 12 heavy (non-hydrogen) atoms. The largest absolute Gasteiger partial charge is 0.258 e. The molecule has 2 heterocycles. The summed E-state index contributed by atoms with van der Waals surface area (Å²) in [7, 11) is 0. The Hall–Kier alpha value is -0.480. The number of hydrogen-bond acceptors (Lipinski definition) is 4. The van der Waals surface area contributed by atoms with Gasteiger partial charge >= 0.3 is 0 Å². The first-order valence-corrected chi connectivity index (χ1v) is 5.75. The molecule has 2 aliphatic rings. The molecule has 0 aromatic carbocycles. The summed E-state index contributed by atoms with van der Waals surface area (Å²) in [5.74, 6) is 1.99. The summed E-state index contributed by atoms with van der Waals surface area (Å²) in [6.07, 6.45) is 4.04. The van der Waals surface area contributed by atoms with Crippen molar-refractivity contribution >= 4 is 35.3 Å². The van der Waals surface area contributed by atoms with E-state index in [1.54, 1.807) is 23.5 Å². The highest BCUT2D eigenvalue weighted by Crippen LogP contribution is 2.23. The molecule has 0 fully saturated rings. The Labute approximate surface area is 79.9 Å². The van der Waals surface area contributed by atoms with Gasteiger partial charge < -0.3 is 0 Å². The van der Waals surface area contributed by atoms with Gasteiger partial charge in [0.15, 0.2) is 0 Å². The van der Waals surface area contributed by atoms with Crippen LogP contribution in [0.1, 0.15) is 0 Å². The second kappa shape index (κ2) is 3.96. The molecule has 0 amide bonds. The van der Waals surface area contributed by atoms with Crippen LogP contribution >= 0.6 is 23.5 Å². The van der Waals surface area contributed by atoms with Crippen molar-refractivity contribution in [3.63, 3.8) is 0 Å². The molecule has 0 atom stereocenters. The number of rotatable bonds is 1. The summed E-state index contributed by atoms with van der Waals surface area (Å²) >= 11 is 3.47. The quantitative estimate of drug-likeness (QED) is 0.643. The molecule has 0 N–H and O–H groups in total. The third-order valence-corrected chi connectivity index (χ3v) is 2.84. The third kappa shape index (κ3) is 1.81. The van der Waals surface area contributed by atoms with E-state index in [9.17, 15) is 0 Å². The van der Waals surface area contributed by atoms with E-state index in [1.807, 2.05) is 11.8 Å². The van der Waals surface area contributed by atoms with Gasteiger partial charge in [0.2, 0.25) is 0 Å². The molecule has 0 spiro atoms. The Morgan fingerprint density at radius 3 is 2.75 bits per heavy atom. The van der Waals surface area contributed by atoms with E-state index in [1.165, 1.54) is 0 Å². The SMILES string of the molecule is C1=NC(C2=CCSC=N2)=CSC1. The average molecular weight is 196 g/mol. The lowest BCUT2D eigenvalue weighted by Gasteiger charge is -2.08. The highest BCUT2D eigenvalue weighted by molar-refractivity contribution is 8.12. The molecule has 0 saturated carbocycles. The molecule has 2 aliphatic heterocycles. The van der Waals surface area contributed by atoms with Gasteiger partial charge in [-0.15, -0.1) is 23.5 Å². The zero-order valence-electron chi connectivity index (χ0n) is 6.43. The molecule has 0 aliphatic carbocycles. The van der Waals surface area contributed by atoms with Gasteiger partial charge in [-0.05, 0) is 11.5 Å². The van der Waals surface area contributed by atoms with Gasteiger partial charge in [0, 0.05) is 17.7 Å². The van der Waals surface area contributed by atoms with Crippen molar-refractivity contribution in [2.24, 2.45) is 9.98 Å². The van der Waals surface area contributed by atoms with E-state index >= 15 is 0 Å². The Balaban J connectivity index is 2.18. The standard InChI is InChI=1S/C8H8N2S2/c1-3-12-6-10-7(1)8-5-11-4-2-9-8/h1-2,5-6H,3-4H2. The van der Waals surface area contributed by atoms with Crippen molar-refractivity contribution in [2.75, 3.05) is 11.5 Å². The summed E-state index contributed by atoms with van der Waals surface area (Å²) in [4.78, 5) is 8.53. The molecule has 0 bridgehead atoms. The molecule has 0 radical (unpaired) electrons. The number of hydrogen-bond donors (Lipinski definition) is 0. The minimum absolute atomic E-state index is 0.981. The van der Waals surface area contributed by atoms with Crippen LogP contribution in [0.2, 0.25) is 0 Å². The number of nitrogens with zero attached hydrogens (tertiary/aromatic N) is 2. The lowest BCUT2D eigenvalue weighted by Crippen LogP contribution is -1.94. The van der Waals surface area contributed by atoms with Crippen LogP contribution in [-0.2, 0) is 0 Å². The fourth-order valence-corrected chi connectivity index (χ4v) is 2.07. The average Bonchev–Trinajstić information content (AvgIpc) is 2.21. The molecule has 0 aromatic heterocycles. The second-order valence-electron chi connectivity index (χ2n) is 2.31. The van der Waals surface area contributed by atoms with Crippen LogP contribution in [0.25, 0.3) is 0 Å². The first-order chi connectivity index (χ1) is 5.97.